The third-order valence-corrected chi connectivity index (χ3v) is 4.59. The smallest absolute Gasteiger partial charge is 0.146 e. The minimum absolute atomic E-state index is 0.249. The highest BCUT2D eigenvalue weighted by Crippen LogP contribution is 2.48. The van der Waals surface area contributed by atoms with Crippen LogP contribution in [0.3, 0.4) is 0 Å². The van der Waals surface area contributed by atoms with Gasteiger partial charge in [0.05, 0.1) is 5.75 Å². The van der Waals surface area contributed by atoms with Gasteiger partial charge in [-0.1, -0.05) is 48.5 Å². The Balaban J connectivity index is 1.53. The Morgan fingerprint density at radius 1 is 1.00 bits per heavy atom. The highest BCUT2D eigenvalue weighted by Gasteiger charge is 2.43. The van der Waals surface area contributed by atoms with Gasteiger partial charge in [0, 0.05) is 10.8 Å². The lowest BCUT2D eigenvalue weighted by molar-refractivity contribution is -0.117. The van der Waals surface area contributed by atoms with Gasteiger partial charge >= 0.3 is 0 Å². The van der Waals surface area contributed by atoms with Crippen molar-refractivity contribution in [1.82, 2.24) is 0 Å². The van der Waals surface area contributed by atoms with E-state index in [0.717, 1.165) is 6.42 Å². The average Bonchev–Trinajstić information content (AvgIpc) is 3.27. The average molecular weight is 268 g/mol. The summed E-state index contributed by atoms with van der Waals surface area (Å²) in [6, 6.07) is 20.5. The molecule has 2 heteroatoms. The molecule has 1 aliphatic rings. The zero-order chi connectivity index (χ0) is 13.1. The SMILES string of the molecule is O=C(CSc1ccccc1)C1CC1c1ccccc1. The molecule has 0 amide bonds. The normalized spacial score (nSPS) is 21.1. The first-order chi connectivity index (χ1) is 9.34. The fourth-order valence-electron chi connectivity index (χ4n) is 2.40. The number of benzene rings is 2. The van der Waals surface area contributed by atoms with Crippen molar-refractivity contribution in [2.75, 3.05) is 5.75 Å². The number of ketones is 1. The maximum atomic E-state index is 12.1. The molecule has 3 rings (SSSR count). The molecule has 0 aliphatic heterocycles. The molecule has 19 heavy (non-hydrogen) atoms. The highest BCUT2D eigenvalue weighted by molar-refractivity contribution is 8.00. The third kappa shape index (κ3) is 3.07. The molecule has 0 radical (unpaired) electrons. The fraction of sp³-hybridized carbons (Fsp3) is 0.235. The molecule has 2 aromatic carbocycles. The van der Waals surface area contributed by atoms with E-state index >= 15 is 0 Å². The summed E-state index contributed by atoms with van der Waals surface area (Å²) >= 11 is 1.64. The summed E-state index contributed by atoms with van der Waals surface area (Å²) in [7, 11) is 0. The van der Waals surface area contributed by atoms with E-state index in [-0.39, 0.29) is 5.92 Å². The number of Topliss-reactive ketones (excluding diaryl/α,β-unsaturated/α-hetero) is 1. The lowest BCUT2D eigenvalue weighted by Gasteiger charge is -2.01. The summed E-state index contributed by atoms with van der Waals surface area (Å²) in [5.41, 5.74) is 1.31. The van der Waals surface area contributed by atoms with E-state index in [4.69, 9.17) is 0 Å². The minimum Gasteiger partial charge on any atom is -0.298 e. The third-order valence-electron chi connectivity index (χ3n) is 3.56. The molecule has 96 valence electrons. The fourth-order valence-corrected chi connectivity index (χ4v) is 3.27. The molecule has 2 unspecified atom stereocenters. The van der Waals surface area contributed by atoms with Crippen molar-refractivity contribution < 1.29 is 4.79 Å². The molecular formula is C17H16OS. The second-order valence-electron chi connectivity index (χ2n) is 4.93. The molecule has 0 saturated heterocycles. The van der Waals surface area contributed by atoms with E-state index in [1.54, 1.807) is 11.8 Å². The summed E-state index contributed by atoms with van der Waals surface area (Å²) in [4.78, 5) is 13.3. The summed E-state index contributed by atoms with van der Waals surface area (Å²) in [5, 5.41) is 0. The highest BCUT2D eigenvalue weighted by atomic mass is 32.2. The Morgan fingerprint density at radius 3 is 2.32 bits per heavy atom. The van der Waals surface area contributed by atoms with Gasteiger partial charge in [-0.15, -0.1) is 11.8 Å². The molecule has 0 heterocycles. The number of carbonyl (C=O) groups excluding carboxylic acids is 1. The summed E-state index contributed by atoms with van der Waals surface area (Å²) < 4.78 is 0. The van der Waals surface area contributed by atoms with Gasteiger partial charge in [0.1, 0.15) is 5.78 Å². The van der Waals surface area contributed by atoms with E-state index in [9.17, 15) is 4.79 Å². The topological polar surface area (TPSA) is 17.1 Å². The first-order valence-corrected chi connectivity index (χ1v) is 7.58. The zero-order valence-corrected chi connectivity index (χ0v) is 11.5. The molecule has 2 aromatic rings. The summed E-state index contributed by atoms with van der Waals surface area (Å²) in [5.74, 6) is 1.70. The summed E-state index contributed by atoms with van der Waals surface area (Å²) in [6.07, 6.45) is 1.03. The Morgan fingerprint density at radius 2 is 1.63 bits per heavy atom. The molecule has 1 aliphatic carbocycles. The predicted molar refractivity (Wildman–Crippen MR) is 79.5 cm³/mol. The Kier molecular flexibility index (Phi) is 3.69. The van der Waals surface area contributed by atoms with Gasteiger partial charge in [-0.25, -0.2) is 0 Å². The molecule has 0 bridgehead atoms. The minimum atomic E-state index is 0.249. The quantitative estimate of drug-likeness (QED) is 0.758. The molecule has 0 N–H and O–H groups in total. The lowest BCUT2D eigenvalue weighted by atomic mass is 10.1. The van der Waals surface area contributed by atoms with Gasteiger partial charge in [-0.05, 0) is 30.0 Å². The maximum Gasteiger partial charge on any atom is 0.146 e. The van der Waals surface area contributed by atoms with Gasteiger partial charge in [0.25, 0.3) is 0 Å². The first kappa shape index (κ1) is 12.5. The number of carbonyl (C=O) groups is 1. The van der Waals surface area contributed by atoms with Crippen LogP contribution in [0.4, 0.5) is 0 Å². The van der Waals surface area contributed by atoms with Crippen molar-refractivity contribution >= 4 is 17.5 Å². The number of hydrogen-bond donors (Lipinski definition) is 0. The van der Waals surface area contributed by atoms with E-state index in [1.807, 2.05) is 36.4 Å². The van der Waals surface area contributed by atoms with E-state index in [1.165, 1.54) is 10.5 Å². The van der Waals surface area contributed by atoms with Crippen LogP contribution >= 0.6 is 11.8 Å². The predicted octanol–water partition coefficient (Wildman–Crippen LogP) is 4.15. The van der Waals surface area contributed by atoms with Crippen LogP contribution in [-0.2, 0) is 4.79 Å². The van der Waals surface area contributed by atoms with E-state index < -0.39 is 0 Å². The van der Waals surface area contributed by atoms with Crippen LogP contribution < -0.4 is 0 Å². The molecule has 1 saturated carbocycles. The van der Waals surface area contributed by atoms with Crippen LogP contribution in [0.2, 0.25) is 0 Å². The molecule has 2 atom stereocenters. The van der Waals surface area contributed by atoms with Crippen molar-refractivity contribution in [3.05, 3.63) is 66.2 Å². The molecule has 1 fully saturated rings. The van der Waals surface area contributed by atoms with E-state index in [0.29, 0.717) is 17.5 Å². The van der Waals surface area contributed by atoms with Crippen LogP contribution in [-0.4, -0.2) is 11.5 Å². The molecular weight excluding hydrogens is 252 g/mol. The van der Waals surface area contributed by atoms with Crippen molar-refractivity contribution in [3.63, 3.8) is 0 Å². The van der Waals surface area contributed by atoms with Crippen molar-refractivity contribution in [1.29, 1.82) is 0 Å². The van der Waals surface area contributed by atoms with Crippen molar-refractivity contribution in [2.45, 2.75) is 17.2 Å². The van der Waals surface area contributed by atoms with E-state index in [2.05, 4.69) is 24.3 Å². The second kappa shape index (κ2) is 5.62. The Labute approximate surface area is 118 Å². The number of rotatable bonds is 5. The van der Waals surface area contributed by atoms with Gasteiger partial charge in [-0.2, -0.15) is 0 Å². The van der Waals surface area contributed by atoms with Gasteiger partial charge in [0.2, 0.25) is 0 Å². The van der Waals surface area contributed by atoms with Gasteiger partial charge in [-0.3, -0.25) is 4.79 Å². The zero-order valence-electron chi connectivity index (χ0n) is 10.7. The molecule has 0 aromatic heterocycles. The standard InChI is InChI=1S/C17H16OS/c18-17(12-19-14-9-5-2-6-10-14)16-11-15(16)13-7-3-1-4-8-13/h1-10,15-16H,11-12H2. The van der Waals surface area contributed by atoms with Crippen LogP contribution in [0.25, 0.3) is 0 Å². The summed E-state index contributed by atoms with van der Waals surface area (Å²) in [6.45, 7) is 0. The monoisotopic (exact) mass is 268 g/mol. The van der Waals surface area contributed by atoms with Crippen LogP contribution in [0.5, 0.6) is 0 Å². The number of thioether (sulfide) groups is 1. The number of hydrogen-bond acceptors (Lipinski definition) is 2. The van der Waals surface area contributed by atoms with Gasteiger partial charge < -0.3 is 0 Å². The Hall–Kier alpha value is -1.54. The second-order valence-corrected chi connectivity index (χ2v) is 5.98. The Bertz CT molecular complexity index is 550. The van der Waals surface area contributed by atoms with Crippen LogP contribution in [0, 0.1) is 5.92 Å². The van der Waals surface area contributed by atoms with Crippen molar-refractivity contribution in [2.24, 2.45) is 5.92 Å². The largest absolute Gasteiger partial charge is 0.298 e. The van der Waals surface area contributed by atoms with Gasteiger partial charge in [0.15, 0.2) is 0 Å². The first-order valence-electron chi connectivity index (χ1n) is 6.60. The molecule has 1 nitrogen and oxygen atoms in total. The lowest BCUT2D eigenvalue weighted by Crippen LogP contribution is -2.05. The van der Waals surface area contributed by atoms with Crippen LogP contribution in [0.15, 0.2) is 65.6 Å². The molecule has 0 spiro atoms. The maximum absolute atomic E-state index is 12.1. The van der Waals surface area contributed by atoms with Crippen molar-refractivity contribution in [3.8, 4) is 0 Å². The van der Waals surface area contributed by atoms with Crippen LogP contribution in [0.1, 0.15) is 17.9 Å².